The number of rotatable bonds is 4. The van der Waals surface area contributed by atoms with Gasteiger partial charge in [0.2, 0.25) is 5.91 Å². The number of hydrogen-bond acceptors (Lipinski definition) is 2. The predicted molar refractivity (Wildman–Crippen MR) is 99.5 cm³/mol. The zero-order chi connectivity index (χ0) is 16.9. The van der Waals surface area contributed by atoms with Crippen LogP contribution in [0.4, 0.5) is 5.69 Å². The fourth-order valence-corrected chi connectivity index (χ4v) is 3.38. The summed E-state index contributed by atoms with van der Waals surface area (Å²) in [4.78, 5) is 14.8. The number of piperidine rings is 1. The van der Waals surface area contributed by atoms with E-state index in [1.165, 1.54) is 0 Å². The highest BCUT2D eigenvalue weighted by Gasteiger charge is 2.26. The lowest BCUT2D eigenvalue weighted by atomic mass is 9.96. The second kappa shape index (κ2) is 8.02. The van der Waals surface area contributed by atoms with E-state index in [0.29, 0.717) is 5.02 Å². The topological polar surface area (TPSA) is 32.3 Å². The molecule has 0 radical (unpaired) electrons. The third kappa shape index (κ3) is 4.50. The standard InChI is InChI=1S/C19H20Cl2N2O/c20-16-7-9-17(10-8-16)22-19(24)15-5-3-11-23(13-15)12-14-4-1-2-6-18(14)21/h1-2,4,6-10,15H,3,5,11-13H2,(H,22,24)/t15-/m1/s1. The van der Waals surface area contributed by atoms with Gasteiger partial charge >= 0.3 is 0 Å². The van der Waals surface area contributed by atoms with Crippen molar-refractivity contribution in [2.45, 2.75) is 19.4 Å². The van der Waals surface area contributed by atoms with Crippen LogP contribution in [0.3, 0.4) is 0 Å². The molecular formula is C19H20Cl2N2O. The molecule has 3 rings (SSSR count). The van der Waals surface area contributed by atoms with E-state index < -0.39 is 0 Å². The van der Waals surface area contributed by atoms with E-state index >= 15 is 0 Å². The summed E-state index contributed by atoms with van der Waals surface area (Å²) in [5, 5.41) is 4.43. The maximum Gasteiger partial charge on any atom is 0.228 e. The summed E-state index contributed by atoms with van der Waals surface area (Å²) in [5.74, 6) is 0.0677. The molecule has 1 fully saturated rings. The average Bonchev–Trinajstić information content (AvgIpc) is 2.59. The van der Waals surface area contributed by atoms with E-state index in [-0.39, 0.29) is 11.8 Å². The Morgan fingerprint density at radius 1 is 1.12 bits per heavy atom. The van der Waals surface area contributed by atoms with E-state index in [1.807, 2.05) is 36.4 Å². The van der Waals surface area contributed by atoms with Gasteiger partial charge in [0.15, 0.2) is 0 Å². The molecular weight excluding hydrogens is 343 g/mol. The third-order valence-electron chi connectivity index (χ3n) is 4.34. The minimum atomic E-state index is -0.00286. The number of carbonyl (C=O) groups excluding carboxylic acids is 1. The molecule has 0 spiro atoms. The third-order valence-corrected chi connectivity index (χ3v) is 4.96. The molecule has 1 aliphatic heterocycles. The Labute approximate surface area is 152 Å². The summed E-state index contributed by atoms with van der Waals surface area (Å²) in [5.41, 5.74) is 1.89. The van der Waals surface area contributed by atoms with Crippen molar-refractivity contribution in [2.75, 3.05) is 18.4 Å². The SMILES string of the molecule is O=C(Nc1ccc(Cl)cc1)[C@@H]1CCCN(Cc2ccccc2Cl)C1. The van der Waals surface area contributed by atoms with Crippen LogP contribution in [0, 0.1) is 5.92 Å². The van der Waals surface area contributed by atoms with E-state index in [1.54, 1.807) is 12.1 Å². The largest absolute Gasteiger partial charge is 0.326 e. The fourth-order valence-electron chi connectivity index (χ4n) is 3.06. The molecule has 1 saturated heterocycles. The first-order valence-electron chi connectivity index (χ1n) is 8.14. The van der Waals surface area contributed by atoms with Crippen molar-refractivity contribution in [3.63, 3.8) is 0 Å². The molecule has 0 aromatic heterocycles. The van der Waals surface area contributed by atoms with Gasteiger partial charge in [-0.3, -0.25) is 9.69 Å². The van der Waals surface area contributed by atoms with Gasteiger partial charge in [-0.1, -0.05) is 41.4 Å². The Kier molecular flexibility index (Phi) is 5.77. The van der Waals surface area contributed by atoms with Gasteiger partial charge in [0.05, 0.1) is 5.92 Å². The molecule has 1 atom stereocenters. The molecule has 1 amide bonds. The number of halogens is 2. The monoisotopic (exact) mass is 362 g/mol. The lowest BCUT2D eigenvalue weighted by molar-refractivity contribution is -0.121. The van der Waals surface area contributed by atoms with Gasteiger partial charge in [-0.25, -0.2) is 0 Å². The van der Waals surface area contributed by atoms with E-state index in [2.05, 4.69) is 10.2 Å². The second-order valence-electron chi connectivity index (χ2n) is 6.16. The Bertz CT molecular complexity index is 703. The lowest BCUT2D eigenvalue weighted by Gasteiger charge is -2.32. The molecule has 2 aromatic rings. The van der Waals surface area contributed by atoms with Crippen molar-refractivity contribution in [2.24, 2.45) is 5.92 Å². The summed E-state index contributed by atoms with van der Waals surface area (Å²) >= 11 is 12.1. The molecule has 1 aliphatic rings. The second-order valence-corrected chi connectivity index (χ2v) is 7.01. The van der Waals surface area contributed by atoms with Crippen LogP contribution in [0.15, 0.2) is 48.5 Å². The van der Waals surface area contributed by atoms with Gasteiger partial charge in [-0.05, 0) is 55.3 Å². The molecule has 0 saturated carbocycles. The number of hydrogen-bond donors (Lipinski definition) is 1. The maximum absolute atomic E-state index is 12.5. The molecule has 2 aromatic carbocycles. The number of nitrogens with one attached hydrogen (secondary N) is 1. The highest BCUT2D eigenvalue weighted by molar-refractivity contribution is 6.31. The Balaban J connectivity index is 1.59. The zero-order valence-corrected chi connectivity index (χ0v) is 14.9. The molecule has 1 N–H and O–H groups in total. The van der Waals surface area contributed by atoms with Gasteiger partial charge < -0.3 is 5.32 Å². The van der Waals surface area contributed by atoms with Crippen molar-refractivity contribution < 1.29 is 4.79 Å². The number of amides is 1. The van der Waals surface area contributed by atoms with Gasteiger partial charge in [0.25, 0.3) is 0 Å². The molecule has 24 heavy (non-hydrogen) atoms. The van der Waals surface area contributed by atoms with Crippen molar-refractivity contribution >= 4 is 34.8 Å². The highest BCUT2D eigenvalue weighted by atomic mass is 35.5. The van der Waals surface area contributed by atoms with Crippen molar-refractivity contribution in [3.8, 4) is 0 Å². The van der Waals surface area contributed by atoms with Gasteiger partial charge in [-0.15, -0.1) is 0 Å². The lowest BCUT2D eigenvalue weighted by Crippen LogP contribution is -2.40. The number of likely N-dealkylation sites (tertiary alicyclic amines) is 1. The summed E-state index contributed by atoms with van der Waals surface area (Å²) in [7, 11) is 0. The summed E-state index contributed by atoms with van der Waals surface area (Å²) in [6.45, 7) is 2.53. The average molecular weight is 363 g/mol. The Morgan fingerprint density at radius 3 is 2.62 bits per heavy atom. The number of benzene rings is 2. The van der Waals surface area contributed by atoms with Crippen LogP contribution in [0.25, 0.3) is 0 Å². The molecule has 5 heteroatoms. The predicted octanol–water partition coefficient (Wildman–Crippen LogP) is 4.84. The van der Waals surface area contributed by atoms with Crippen LogP contribution >= 0.6 is 23.2 Å². The van der Waals surface area contributed by atoms with Crippen molar-refractivity contribution in [1.82, 2.24) is 4.90 Å². The normalized spacial score (nSPS) is 18.3. The number of anilines is 1. The molecule has 0 unspecified atom stereocenters. The summed E-state index contributed by atoms with van der Waals surface area (Å²) in [6, 6.07) is 15.1. The molecule has 0 bridgehead atoms. The first-order valence-corrected chi connectivity index (χ1v) is 8.89. The molecule has 0 aliphatic carbocycles. The molecule has 1 heterocycles. The van der Waals surface area contributed by atoms with Crippen LogP contribution in [-0.2, 0) is 11.3 Å². The fraction of sp³-hybridized carbons (Fsp3) is 0.316. The van der Waals surface area contributed by atoms with Crippen LogP contribution in [-0.4, -0.2) is 23.9 Å². The smallest absolute Gasteiger partial charge is 0.228 e. The Morgan fingerprint density at radius 2 is 1.88 bits per heavy atom. The van der Waals surface area contributed by atoms with E-state index in [0.717, 1.165) is 48.7 Å². The highest BCUT2D eigenvalue weighted by Crippen LogP contribution is 2.23. The van der Waals surface area contributed by atoms with Gasteiger partial charge in [0.1, 0.15) is 0 Å². The van der Waals surface area contributed by atoms with Crippen molar-refractivity contribution in [3.05, 3.63) is 64.1 Å². The number of nitrogens with zero attached hydrogens (tertiary/aromatic N) is 1. The summed E-state index contributed by atoms with van der Waals surface area (Å²) < 4.78 is 0. The van der Waals surface area contributed by atoms with E-state index in [4.69, 9.17) is 23.2 Å². The van der Waals surface area contributed by atoms with Gasteiger partial charge in [0, 0.05) is 28.8 Å². The molecule has 126 valence electrons. The van der Waals surface area contributed by atoms with E-state index in [9.17, 15) is 4.79 Å². The Hall–Kier alpha value is -1.55. The summed E-state index contributed by atoms with van der Waals surface area (Å²) in [6.07, 6.45) is 1.93. The number of carbonyl (C=O) groups is 1. The first kappa shape index (κ1) is 17.3. The van der Waals surface area contributed by atoms with Crippen LogP contribution in [0.5, 0.6) is 0 Å². The van der Waals surface area contributed by atoms with Crippen LogP contribution in [0.2, 0.25) is 10.0 Å². The zero-order valence-electron chi connectivity index (χ0n) is 13.3. The van der Waals surface area contributed by atoms with Crippen LogP contribution in [0.1, 0.15) is 18.4 Å². The van der Waals surface area contributed by atoms with Crippen LogP contribution < -0.4 is 5.32 Å². The molecule has 3 nitrogen and oxygen atoms in total. The maximum atomic E-state index is 12.5. The quantitative estimate of drug-likeness (QED) is 0.843. The van der Waals surface area contributed by atoms with Gasteiger partial charge in [-0.2, -0.15) is 0 Å². The van der Waals surface area contributed by atoms with Crippen molar-refractivity contribution in [1.29, 1.82) is 0 Å². The minimum absolute atomic E-state index is 0.00286. The minimum Gasteiger partial charge on any atom is -0.326 e. The first-order chi connectivity index (χ1) is 11.6.